The van der Waals surface area contributed by atoms with E-state index in [1.165, 1.54) is 0 Å². The summed E-state index contributed by atoms with van der Waals surface area (Å²) in [5.74, 6) is 1.05. The van der Waals surface area contributed by atoms with Crippen molar-refractivity contribution in [2.45, 2.75) is 6.10 Å². The highest BCUT2D eigenvalue weighted by atomic mass is 32.1. The lowest BCUT2D eigenvalue weighted by Crippen LogP contribution is -2.13. The molecule has 0 amide bonds. The van der Waals surface area contributed by atoms with Crippen LogP contribution in [0, 0.1) is 11.3 Å². The number of hydrogen-bond donors (Lipinski definition) is 1. The minimum Gasteiger partial charge on any atom is -0.464 e. The molecular formula is C22H14N6O2S. The van der Waals surface area contributed by atoms with Crippen LogP contribution >= 0.6 is 11.3 Å². The summed E-state index contributed by atoms with van der Waals surface area (Å²) >= 11 is 1.55. The van der Waals surface area contributed by atoms with Gasteiger partial charge in [-0.1, -0.05) is 41.6 Å². The first-order valence-corrected chi connectivity index (χ1v) is 10.2. The Labute approximate surface area is 180 Å². The Morgan fingerprint density at radius 3 is 2.68 bits per heavy atom. The highest BCUT2D eigenvalue weighted by Crippen LogP contribution is 2.37. The average Bonchev–Trinajstić information content (AvgIpc) is 3.60. The van der Waals surface area contributed by atoms with Gasteiger partial charge in [-0.05, 0) is 29.6 Å². The maximum atomic E-state index is 9.97. The Balaban J connectivity index is 1.68. The van der Waals surface area contributed by atoms with E-state index in [4.69, 9.17) is 9.15 Å². The fourth-order valence-corrected chi connectivity index (χ4v) is 3.87. The van der Waals surface area contributed by atoms with E-state index in [2.05, 4.69) is 31.7 Å². The van der Waals surface area contributed by atoms with E-state index in [1.807, 2.05) is 53.9 Å². The van der Waals surface area contributed by atoms with Crippen molar-refractivity contribution in [1.82, 2.24) is 25.6 Å². The molecule has 0 radical (unpaired) electrons. The van der Waals surface area contributed by atoms with Gasteiger partial charge in [0.1, 0.15) is 17.4 Å². The van der Waals surface area contributed by atoms with Crippen LogP contribution in [0.25, 0.3) is 21.9 Å². The minimum absolute atomic E-state index is 0.165. The van der Waals surface area contributed by atoms with E-state index in [9.17, 15) is 5.26 Å². The fraction of sp³-hybridized carbons (Fsp3) is 0.0455. The van der Waals surface area contributed by atoms with Gasteiger partial charge in [0.05, 0.1) is 16.8 Å². The normalized spacial score (nSPS) is 11.7. The van der Waals surface area contributed by atoms with Crippen LogP contribution in [0.4, 0.5) is 0 Å². The third-order valence-electron chi connectivity index (χ3n) is 4.59. The van der Waals surface area contributed by atoms with Crippen LogP contribution in [0.2, 0.25) is 0 Å². The van der Waals surface area contributed by atoms with Crippen LogP contribution in [0.3, 0.4) is 0 Å². The summed E-state index contributed by atoms with van der Waals surface area (Å²) in [4.78, 5) is 5.61. The predicted molar refractivity (Wildman–Crippen MR) is 113 cm³/mol. The summed E-state index contributed by atoms with van der Waals surface area (Å²) in [5, 5.41) is 26.2. The van der Waals surface area contributed by atoms with Crippen LogP contribution in [-0.2, 0) is 0 Å². The van der Waals surface area contributed by atoms with Gasteiger partial charge in [-0.3, -0.25) is 0 Å². The largest absolute Gasteiger partial charge is 0.464 e. The Kier molecular flexibility index (Phi) is 4.96. The molecule has 0 aliphatic carbocycles. The number of nitriles is 1. The lowest BCUT2D eigenvalue weighted by atomic mass is 10.1. The molecule has 4 heterocycles. The second-order valence-electron chi connectivity index (χ2n) is 6.48. The Morgan fingerprint density at radius 2 is 2.00 bits per heavy atom. The predicted octanol–water partition coefficient (Wildman–Crippen LogP) is 4.62. The molecule has 0 saturated heterocycles. The number of rotatable bonds is 6. The first-order chi connectivity index (χ1) is 15.3. The molecular weight excluding hydrogens is 412 g/mol. The maximum absolute atomic E-state index is 9.97. The van der Waals surface area contributed by atoms with Gasteiger partial charge in [0.15, 0.2) is 6.10 Å². The summed E-state index contributed by atoms with van der Waals surface area (Å²) in [6, 6.07) is 21.0. The Hall–Kier alpha value is -4.29. The van der Waals surface area contributed by atoms with Gasteiger partial charge in [0.25, 0.3) is 0 Å². The number of benzene rings is 1. The second kappa shape index (κ2) is 8.22. The summed E-state index contributed by atoms with van der Waals surface area (Å²) in [7, 11) is 0. The van der Waals surface area contributed by atoms with E-state index in [1.54, 1.807) is 29.7 Å². The van der Waals surface area contributed by atoms with Gasteiger partial charge in [0, 0.05) is 11.1 Å². The van der Waals surface area contributed by atoms with Crippen molar-refractivity contribution in [3.05, 3.63) is 89.3 Å². The number of aromatic nitrogens is 5. The monoisotopic (exact) mass is 426 g/mol. The van der Waals surface area contributed by atoms with E-state index in [0.717, 1.165) is 10.4 Å². The van der Waals surface area contributed by atoms with Crippen molar-refractivity contribution in [3.8, 4) is 33.8 Å². The molecule has 1 aromatic carbocycles. The zero-order valence-electron chi connectivity index (χ0n) is 16.0. The molecule has 1 atom stereocenters. The van der Waals surface area contributed by atoms with Crippen LogP contribution < -0.4 is 4.74 Å². The highest BCUT2D eigenvalue weighted by Gasteiger charge is 2.25. The standard InChI is InChI=1S/C22H14N6O2S/c23-13-16-15(18-8-4-10-29-18)12-17(19-9-5-11-31-19)24-22(16)30-20(21-25-27-28-26-21)14-6-2-1-3-7-14/h1-12,20H,(H,25,26,27,28). The van der Waals surface area contributed by atoms with E-state index in [0.29, 0.717) is 22.8 Å². The third-order valence-corrected chi connectivity index (χ3v) is 5.48. The second-order valence-corrected chi connectivity index (χ2v) is 7.43. The zero-order chi connectivity index (χ0) is 21.0. The van der Waals surface area contributed by atoms with Crippen molar-refractivity contribution in [2.75, 3.05) is 0 Å². The van der Waals surface area contributed by atoms with Crippen LogP contribution in [0.1, 0.15) is 23.1 Å². The summed E-state index contributed by atoms with van der Waals surface area (Å²) in [6.07, 6.45) is 0.858. The molecule has 5 aromatic rings. The number of hydrogen-bond acceptors (Lipinski definition) is 8. The van der Waals surface area contributed by atoms with Crippen LogP contribution in [0.5, 0.6) is 5.88 Å². The molecule has 4 aromatic heterocycles. The number of tetrazole rings is 1. The fourth-order valence-electron chi connectivity index (χ4n) is 3.18. The lowest BCUT2D eigenvalue weighted by Gasteiger charge is -2.18. The van der Waals surface area contributed by atoms with Crippen molar-refractivity contribution >= 4 is 11.3 Å². The zero-order valence-corrected chi connectivity index (χ0v) is 16.8. The molecule has 0 spiro atoms. The maximum Gasteiger partial charge on any atom is 0.234 e. The van der Waals surface area contributed by atoms with Gasteiger partial charge in [-0.2, -0.15) is 10.5 Å². The van der Waals surface area contributed by atoms with E-state index >= 15 is 0 Å². The summed E-state index contributed by atoms with van der Waals surface area (Å²) < 4.78 is 11.9. The van der Waals surface area contributed by atoms with Crippen molar-refractivity contribution in [1.29, 1.82) is 5.26 Å². The average molecular weight is 426 g/mol. The molecule has 8 nitrogen and oxygen atoms in total. The van der Waals surface area contributed by atoms with Crippen molar-refractivity contribution < 1.29 is 9.15 Å². The molecule has 0 bridgehead atoms. The van der Waals surface area contributed by atoms with Gasteiger partial charge < -0.3 is 9.15 Å². The number of thiophene rings is 1. The van der Waals surface area contributed by atoms with E-state index < -0.39 is 6.10 Å². The molecule has 31 heavy (non-hydrogen) atoms. The Morgan fingerprint density at radius 1 is 1.10 bits per heavy atom. The smallest absolute Gasteiger partial charge is 0.234 e. The van der Waals surface area contributed by atoms with Gasteiger partial charge >= 0.3 is 0 Å². The molecule has 0 saturated carbocycles. The third kappa shape index (κ3) is 3.68. The number of aromatic amines is 1. The molecule has 1 N–H and O–H groups in total. The molecule has 0 aliphatic heterocycles. The number of pyridine rings is 1. The number of H-pyrrole nitrogens is 1. The van der Waals surface area contributed by atoms with Crippen molar-refractivity contribution in [3.63, 3.8) is 0 Å². The van der Waals surface area contributed by atoms with Crippen molar-refractivity contribution in [2.24, 2.45) is 0 Å². The number of furan rings is 1. The first kappa shape index (κ1) is 18.7. The van der Waals surface area contributed by atoms with Gasteiger partial charge in [-0.25, -0.2) is 4.98 Å². The topological polar surface area (TPSA) is 114 Å². The lowest BCUT2D eigenvalue weighted by molar-refractivity contribution is 0.227. The molecule has 5 rings (SSSR count). The molecule has 150 valence electrons. The summed E-state index contributed by atoms with van der Waals surface area (Å²) in [6.45, 7) is 0. The number of ether oxygens (including phenoxy) is 1. The molecule has 0 aliphatic rings. The molecule has 0 fully saturated rings. The molecule has 1 unspecified atom stereocenters. The minimum atomic E-state index is -0.706. The molecule has 9 heteroatoms. The van der Waals surface area contributed by atoms with E-state index in [-0.39, 0.29) is 11.4 Å². The van der Waals surface area contributed by atoms with Crippen LogP contribution in [0.15, 0.2) is 76.7 Å². The summed E-state index contributed by atoms with van der Waals surface area (Å²) in [5.41, 5.74) is 2.34. The Bertz CT molecular complexity index is 1310. The van der Waals surface area contributed by atoms with Crippen LogP contribution in [-0.4, -0.2) is 25.6 Å². The SMILES string of the molecule is N#Cc1c(-c2ccco2)cc(-c2cccs2)nc1OC(c1ccccc1)c1nn[nH]n1. The first-order valence-electron chi connectivity index (χ1n) is 9.31. The number of nitrogens with one attached hydrogen (secondary N) is 1. The highest BCUT2D eigenvalue weighted by molar-refractivity contribution is 7.13. The quantitative estimate of drug-likeness (QED) is 0.421. The number of nitrogens with zero attached hydrogens (tertiary/aromatic N) is 5. The van der Waals surface area contributed by atoms with Gasteiger partial charge in [0.2, 0.25) is 11.7 Å². The van der Waals surface area contributed by atoms with Gasteiger partial charge in [-0.15, -0.1) is 21.5 Å².